The molecule has 32 heavy (non-hydrogen) atoms. The van der Waals surface area contributed by atoms with Crippen molar-refractivity contribution < 1.29 is 70.6 Å². The Morgan fingerprint density at radius 1 is 0.812 bits per heavy atom. The summed E-state index contributed by atoms with van der Waals surface area (Å²) in [5.74, 6) is -0.904. The average molecular weight is 478 g/mol. The molecular formula is C18H21F3Li2N3O4S2-. The minimum absolute atomic E-state index is 0. The van der Waals surface area contributed by atoms with Gasteiger partial charge in [0, 0.05) is 13.1 Å². The number of alkyl halides is 3. The van der Waals surface area contributed by atoms with Gasteiger partial charge < -0.3 is 16.8 Å². The average Bonchev–Trinajstić information content (AvgIpc) is 2.65. The summed E-state index contributed by atoms with van der Waals surface area (Å²) >= 11 is 0. The van der Waals surface area contributed by atoms with Gasteiger partial charge in [0.25, 0.3) is 0 Å². The normalized spacial score (nSPS) is 13.5. The van der Waals surface area contributed by atoms with Crippen LogP contribution >= 0.6 is 0 Å². The number of nitrogens with zero attached hydrogens (tertiary/aromatic N) is 3. The number of para-hydroxylation sites is 4. The molecule has 2 aromatic rings. The van der Waals surface area contributed by atoms with Crippen LogP contribution in [0.2, 0.25) is 0 Å². The van der Waals surface area contributed by atoms with Crippen LogP contribution in [-0.4, -0.2) is 41.2 Å². The first-order valence-corrected chi connectivity index (χ1v) is 12.0. The van der Waals surface area contributed by atoms with E-state index in [4.69, 9.17) is 0 Å². The molecule has 1 aliphatic rings. The van der Waals surface area contributed by atoms with Gasteiger partial charge in [-0.25, -0.2) is 16.8 Å². The van der Waals surface area contributed by atoms with E-state index in [0.717, 1.165) is 17.8 Å². The first-order chi connectivity index (χ1) is 14.0. The Labute approximate surface area is 212 Å². The Bertz CT molecular complexity index is 1110. The first kappa shape index (κ1) is 28.9. The standard InChI is InChI=1S/C18H19F3N3O4S2.2Li.2H/c1-2-11-23-14-7-3-5-9-16(14)24(17-10-6-4-8-15(17)23)12-13-29(25,26)22-30(27,28)18(19,20)21;;;;/h3-10H,2,11-13H2,1H3;;;;/q-1;2*+1;2*-1. The third kappa shape index (κ3) is 6.06. The zero-order chi connectivity index (χ0) is 22.2. The topological polar surface area (TPSA) is 88.9 Å². The van der Waals surface area contributed by atoms with Gasteiger partial charge in [-0.2, -0.15) is 13.2 Å². The molecule has 3 rings (SSSR count). The van der Waals surface area contributed by atoms with Crippen molar-refractivity contribution in [3.63, 3.8) is 0 Å². The van der Waals surface area contributed by atoms with Crippen LogP contribution in [0.4, 0.5) is 35.9 Å². The van der Waals surface area contributed by atoms with Crippen molar-refractivity contribution in [3.8, 4) is 0 Å². The van der Waals surface area contributed by atoms with E-state index in [2.05, 4.69) is 9.03 Å². The van der Waals surface area contributed by atoms with Crippen molar-refractivity contribution in [3.05, 3.63) is 52.7 Å². The van der Waals surface area contributed by atoms with E-state index in [0.29, 0.717) is 17.9 Å². The maximum absolute atomic E-state index is 12.5. The predicted octanol–water partition coefficient (Wildman–Crippen LogP) is -1.53. The van der Waals surface area contributed by atoms with Gasteiger partial charge in [0.1, 0.15) is 0 Å². The van der Waals surface area contributed by atoms with Gasteiger partial charge in [-0.15, -0.1) is 0 Å². The summed E-state index contributed by atoms with van der Waals surface area (Å²) in [6, 6.07) is 14.4. The molecule has 0 unspecified atom stereocenters. The molecule has 0 amide bonds. The van der Waals surface area contributed by atoms with Gasteiger partial charge in [0.15, 0.2) is 10.0 Å². The molecule has 2 aromatic carbocycles. The monoisotopic (exact) mass is 478 g/mol. The van der Waals surface area contributed by atoms with Crippen molar-refractivity contribution >= 4 is 42.8 Å². The zero-order valence-electron chi connectivity index (χ0n) is 19.9. The number of fused-ring (bicyclic) bond motifs is 2. The number of anilines is 4. The SMILES string of the molecule is CCCN1c2ccccc2N(CCS(=O)(=O)[N-]S(=O)(=O)C(F)(F)F)c2ccccc21.[H-].[H-].[Li+].[Li+]. The number of hydrogen-bond donors (Lipinski definition) is 0. The molecule has 0 bridgehead atoms. The summed E-state index contributed by atoms with van der Waals surface area (Å²) < 4.78 is 86.0. The van der Waals surface area contributed by atoms with Gasteiger partial charge in [0.2, 0.25) is 0 Å². The van der Waals surface area contributed by atoms with E-state index in [9.17, 15) is 30.0 Å². The summed E-state index contributed by atoms with van der Waals surface area (Å²) in [6.07, 6.45) is 0.852. The number of benzene rings is 2. The van der Waals surface area contributed by atoms with E-state index < -0.39 is 31.3 Å². The Morgan fingerprint density at radius 3 is 1.53 bits per heavy atom. The summed E-state index contributed by atoms with van der Waals surface area (Å²) in [5.41, 5.74) is -2.81. The third-order valence-electron chi connectivity index (χ3n) is 4.45. The van der Waals surface area contributed by atoms with Crippen LogP contribution in [0, 0.1) is 0 Å². The van der Waals surface area contributed by atoms with Crippen LogP contribution in [0.25, 0.3) is 4.13 Å². The Hall–Kier alpha value is -1.12. The van der Waals surface area contributed by atoms with Gasteiger partial charge in [0.05, 0.1) is 38.5 Å². The second-order valence-corrected chi connectivity index (χ2v) is 10.1. The third-order valence-corrected chi connectivity index (χ3v) is 7.43. The van der Waals surface area contributed by atoms with E-state index in [-0.39, 0.29) is 47.1 Å². The van der Waals surface area contributed by atoms with Crippen molar-refractivity contribution in [2.24, 2.45) is 0 Å². The molecule has 0 radical (unpaired) electrons. The first-order valence-electron chi connectivity index (χ1n) is 8.98. The quantitative estimate of drug-likeness (QED) is 0.449. The van der Waals surface area contributed by atoms with Crippen LogP contribution < -0.4 is 47.5 Å². The van der Waals surface area contributed by atoms with Gasteiger partial charge in [-0.3, -0.25) is 0 Å². The Balaban J connectivity index is 0. The zero-order valence-corrected chi connectivity index (χ0v) is 19.5. The summed E-state index contributed by atoms with van der Waals surface area (Å²) in [4.78, 5) is 3.72. The molecule has 0 aliphatic carbocycles. The smallest absolute Gasteiger partial charge is 1.00 e. The number of sulfonamides is 2. The molecule has 0 saturated heterocycles. The van der Waals surface area contributed by atoms with Gasteiger partial charge in [-0.05, 0) is 30.7 Å². The molecule has 168 valence electrons. The maximum Gasteiger partial charge on any atom is 1.00 e. The van der Waals surface area contributed by atoms with E-state index in [1.54, 1.807) is 29.2 Å². The summed E-state index contributed by atoms with van der Waals surface area (Å²) in [7, 11) is -11.0. The Kier molecular flexibility index (Phi) is 9.83. The molecule has 1 aliphatic heterocycles. The molecule has 0 aromatic heterocycles. The molecule has 0 saturated carbocycles. The molecule has 14 heteroatoms. The number of halogens is 3. The summed E-state index contributed by atoms with van der Waals surface area (Å²) in [6.45, 7) is 2.46. The van der Waals surface area contributed by atoms with E-state index in [1.165, 1.54) is 0 Å². The fourth-order valence-corrected chi connectivity index (χ4v) is 5.49. The summed E-state index contributed by atoms with van der Waals surface area (Å²) in [5, 5.41) is 0. The second kappa shape index (κ2) is 10.9. The van der Waals surface area contributed by atoms with Crippen molar-refractivity contribution in [1.82, 2.24) is 0 Å². The van der Waals surface area contributed by atoms with Gasteiger partial charge >= 0.3 is 43.2 Å². The molecule has 0 N–H and O–H groups in total. The molecule has 1 heterocycles. The van der Waals surface area contributed by atoms with Crippen LogP contribution in [0.1, 0.15) is 16.2 Å². The fraction of sp³-hybridized carbons (Fsp3) is 0.333. The number of rotatable bonds is 7. The van der Waals surface area contributed by atoms with E-state index >= 15 is 0 Å². The molecule has 0 spiro atoms. The number of hydrogen-bond acceptors (Lipinski definition) is 6. The minimum Gasteiger partial charge on any atom is -1.00 e. The van der Waals surface area contributed by atoms with Gasteiger partial charge in [-0.1, -0.05) is 31.2 Å². The fourth-order valence-electron chi connectivity index (χ4n) is 3.24. The van der Waals surface area contributed by atoms with Crippen molar-refractivity contribution in [2.75, 3.05) is 28.6 Å². The second-order valence-electron chi connectivity index (χ2n) is 6.56. The van der Waals surface area contributed by atoms with Crippen LogP contribution in [-0.2, 0) is 20.0 Å². The van der Waals surface area contributed by atoms with E-state index in [1.807, 2.05) is 31.2 Å². The molecule has 0 fully saturated rings. The largest absolute Gasteiger partial charge is 1.00 e. The van der Waals surface area contributed by atoms with Crippen LogP contribution in [0.15, 0.2) is 48.5 Å². The van der Waals surface area contributed by atoms with Crippen molar-refractivity contribution in [1.29, 1.82) is 0 Å². The van der Waals surface area contributed by atoms with Crippen LogP contribution in [0.5, 0.6) is 0 Å². The molecule has 0 atom stereocenters. The Morgan fingerprint density at radius 2 is 1.19 bits per heavy atom. The molecular weight excluding hydrogens is 457 g/mol. The maximum atomic E-state index is 12.5. The predicted molar refractivity (Wildman–Crippen MR) is 112 cm³/mol. The minimum atomic E-state index is -6.14. The van der Waals surface area contributed by atoms with Crippen molar-refractivity contribution in [2.45, 2.75) is 18.9 Å². The molecule has 7 nitrogen and oxygen atoms in total. The van der Waals surface area contributed by atoms with Crippen LogP contribution in [0.3, 0.4) is 0 Å².